The Kier molecular flexibility index (Phi) is 9.69. The molecule has 0 saturated carbocycles. The lowest BCUT2D eigenvalue weighted by atomic mass is 9.80. The first-order valence-corrected chi connectivity index (χ1v) is 11.0. The van der Waals surface area contributed by atoms with Crippen molar-refractivity contribution in [2.75, 3.05) is 31.2 Å². The molecule has 8 nitrogen and oxygen atoms in total. The number of carbonyl (C=O) groups is 2. The zero-order valence-electron chi connectivity index (χ0n) is 19.5. The molecule has 0 spiro atoms. The highest BCUT2D eigenvalue weighted by molar-refractivity contribution is 5.74. The van der Waals surface area contributed by atoms with Crippen LogP contribution in [0.25, 0.3) is 0 Å². The smallest absolute Gasteiger partial charge is 0.407 e. The second kappa shape index (κ2) is 12.2. The third-order valence-corrected chi connectivity index (χ3v) is 5.92. The number of amides is 1. The fraction of sp³-hybridized carbons (Fsp3) is 0.440. The van der Waals surface area contributed by atoms with E-state index in [1.807, 2.05) is 60.4 Å². The van der Waals surface area contributed by atoms with Gasteiger partial charge in [0.2, 0.25) is 0 Å². The number of hydrogen-bond acceptors (Lipinski definition) is 6. The Labute approximate surface area is 194 Å². The Balaban J connectivity index is 2.25. The topological polar surface area (TPSA) is 119 Å². The molecule has 1 amide bonds. The lowest BCUT2D eigenvalue weighted by molar-refractivity contribution is -0.143. The number of carboxylic acid groups (broad SMARTS) is 1. The Hall–Kier alpha value is -3.10. The van der Waals surface area contributed by atoms with E-state index in [1.54, 1.807) is 13.8 Å². The predicted molar refractivity (Wildman–Crippen MR) is 126 cm³/mol. The minimum absolute atomic E-state index is 0.0637. The summed E-state index contributed by atoms with van der Waals surface area (Å²) in [6, 6.07) is 14.9. The Morgan fingerprint density at radius 1 is 1.09 bits per heavy atom. The number of aliphatic hydroxyl groups excluding tert-OH is 2. The molecule has 33 heavy (non-hydrogen) atoms. The van der Waals surface area contributed by atoms with Crippen LogP contribution in [0.5, 0.6) is 0 Å². The number of aliphatic hydroxyl groups is 2. The number of benzene rings is 2. The molecule has 2 aromatic rings. The number of aliphatic carboxylic acids is 1. The third-order valence-electron chi connectivity index (χ3n) is 5.92. The van der Waals surface area contributed by atoms with Crippen LogP contribution in [0.15, 0.2) is 48.5 Å². The summed E-state index contributed by atoms with van der Waals surface area (Å²) in [4.78, 5) is 26.3. The maximum absolute atomic E-state index is 12.6. The summed E-state index contributed by atoms with van der Waals surface area (Å²) >= 11 is 0. The number of carbonyl (C=O) groups excluding carboxylic acids is 1. The van der Waals surface area contributed by atoms with Crippen molar-refractivity contribution in [2.45, 2.75) is 39.3 Å². The average molecular weight is 459 g/mol. The molecule has 4 N–H and O–H groups in total. The molecule has 2 rings (SSSR count). The first-order chi connectivity index (χ1) is 15.7. The maximum atomic E-state index is 12.6. The van der Waals surface area contributed by atoms with Crippen molar-refractivity contribution in [3.63, 3.8) is 0 Å². The van der Waals surface area contributed by atoms with Gasteiger partial charge in [0.15, 0.2) is 0 Å². The van der Waals surface area contributed by atoms with E-state index < -0.39 is 23.5 Å². The normalized spacial score (nSPS) is 13.6. The molecule has 0 heterocycles. The zero-order chi connectivity index (χ0) is 24.4. The monoisotopic (exact) mass is 458 g/mol. The van der Waals surface area contributed by atoms with Gasteiger partial charge in [0, 0.05) is 18.8 Å². The maximum Gasteiger partial charge on any atom is 0.407 e. The summed E-state index contributed by atoms with van der Waals surface area (Å²) in [6.07, 6.45) is -0.433. The molecule has 0 radical (unpaired) electrons. The van der Waals surface area contributed by atoms with Crippen LogP contribution in [-0.4, -0.2) is 59.2 Å². The van der Waals surface area contributed by atoms with E-state index in [2.05, 4.69) is 5.32 Å². The Morgan fingerprint density at radius 2 is 1.73 bits per heavy atom. The summed E-state index contributed by atoms with van der Waals surface area (Å²) < 4.78 is 5.34. The molecule has 1 unspecified atom stereocenters. The molecule has 0 aliphatic heterocycles. The molecule has 8 heteroatoms. The highest BCUT2D eigenvalue weighted by Gasteiger charge is 2.38. The minimum Gasteiger partial charge on any atom is -0.481 e. The fourth-order valence-corrected chi connectivity index (χ4v) is 3.62. The number of aryl methyl sites for hydroxylation is 1. The van der Waals surface area contributed by atoms with E-state index in [0.29, 0.717) is 13.1 Å². The molecule has 0 aromatic heterocycles. The van der Waals surface area contributed by atoms with Crippen molar-refractivity contribution >= 4 is 17.7 Å². The highest BCUT2D eigenvalue weighted by Crippen LogP contribution is 2.28. The van der Waals surface area contributed by atoms with Gasteiger partial charge in [-0.25, -0.2) is 4.79 Å². The number of hydrogen-bond donors (Lipinski definition) is 4. The van der Waals surface area contributed by atoms with Gasteiger partial charge in [-0.2, -0.15) is 0 Å². The van der Waals surface area contributed by atoms with Gasteiger partial charge in [0.05, 0.1) is 24.7 Å². The van der Waals surface area contributed by atoms with E-state index in [1.165, 1.54) is 0 Å². The summed E-state index contributed by atoms with van der Waals surface area (Å²) in [5.41, 5.74) is 2.30. The van der Waals surface area contributed by atoms with Crippen LogP contribution < -0.4 is 10.2 Å². The number of rotatable bonds is 12. The molecule has 2 atom stereocenters. The van der Waals surface area contributed by atoms with Crippen LogP contribution in [0.3, 0.4) is 0 Å². The molecule has 180 valence electrons. The van der Waals surface area contributed by atoms with Crippen molar-refractivity contribution in [3.05, 3.63) is 65.2 Å². The van der Waals surface area contributed by atoms with E-state index in [4.69, 9.17) is 4.74 Å². The van der Waals surface area contributed by atoms with Gasteiger partial charge in [-0.3, -0.25) is 4.79 Å². The molecule has 0 saturated heterocycles. The fourth-order valence-electron chi connectivity index (χ4n) is 3.62. The van der Waals surface area contributed by atoms with Gasteiger partial charge < -0.3 is 30.3 Å². The number of ether oxygens (including phenoxy) is 1. The predicted octanol–water partition coefficient (Wildman–Crippen LogP) is 2.73. The van der Waals surface area contributed by atoms with Gasteiger partial charge in [-0.15, -0.1) is 0 Å². The number of carboxylic acids is 1. The van der Waals surface area contributed by atoms with Gasteiger partial charge in [-0.1, -0.05) is 36.4 Å². The summed E-state index contributed by atoms with van der Waals surface area (Å²) in [5.74, 6) is -1.92. The SMILES string of the molecule is Cc1ccc(N(CCO)CCO)cc1C[C@](C)(NC(=O)OCc1ccccc1)C(C)C(=O)O. The second-order valence-electron chi connectivity index (χ2n) is 8.39. The lowest BCUT2D eigenvalue weighted by Crippen LogP contribution is -2.54. The molecule has 0 aliphatic carbocycles. The summed E-state index contributed by atoms with van der Waals surface area (Å²) in [7, 11) is 0. The van der Waals surface area contributed by atoms with Crippen molar-refractivity contribution in [1.29, 1.82) is 0 Å². The number of anilines is 1. The Bertz CT molecular complexity index is 914. The standard InChI is InChI=1S/C25H34N2O6/c1-18-9-10-22(27(11-13-28)12-14-29)15-21(18)16-25(3,19(2)23(30)31)26-24(32)33-17-20-7-5-4-6-8-20/h4-10,15,19,28-29H,11-14,16-17H2,1-3H3,(H,26,32)(H,30,31)/t19?,25-/m0/s1. The van der Waals surface area contributed by atoms with Gasteiger partial charge >= 0.3 is 12.1 Å². The van der Waals surface area contributed by atoms with E-state index in [-0.39, 0.29) is 26.2 Å². The van der Waals surface area contributed by atoms with Gasteiger partial charge in [0.25, 0.3) is 0 Å². The van der Waals surface area contributed by atoms with Crippen LogP contribution in [0, 0.1) is 12.8 Å². The number of nitrogens with zero attached hydrogens (tertiary/aromatic N) is 1. The van der Waals surface area contributed by atoms with E-state index >= 15 is 0 Å². The minimum atomic E-state index is -1.12. The first kappa shape index (κ1) is 26.2. The van der Waals surface area contributed by atoms with Crippen LogP contribution in [0.4, 0.5) is 10.5 Å². The summed E-state index contributed by atoms with van der Waals surface area (Å²) in [5, 5.41) is 31.2. The Morgan fingerprint density at radius 3 is 2.30 bits per heavy atom. The number of nitrogens with one attached hydrogen (secondary N) is 1. The molecular weight excluding hydrogens is 424 g/mol. The third kappa shape index (κ3) is 7.47. The molecular formula is C25H34N2O6. The van der Waals surface area contributed by atoms with Crippen LogP contribution in [-0.2, 0) is 22.6 Å². The molecule has 0 aliphatic rings. The van der Waals surface area contributed by atoms with Crippen LogP contribution >= 0.6 is 0 Å². The average Bonchev–Trinajstić information content (AvgIpc) is 2.79. The first-order valence-electron chi connectivity index (χ1n) is 11.0. The van der Waals surface area contributed by atoms with Crippen LogP contribution in [0.2, 0.25) is 0 Å². The van der Waals surface area contributed by atoms with Crippen molar-refractivity contribution in [1.82, 2.24) is 5.32 Å². The zero-order valence-corrected chi connectivity index (χ0v) is 19.5. The number of alkyl carbamates (subject to hydrolysis) is 1. The largest absolute Gasteiger partial charge is 0.481 e. The lowest BCUT2D eigenvalue weighted by Gasteiger charge is -2.35. The quantitative estimate of drug-likeness (QED) is 0.386. The molecule has 0 fully saturated rings. The van der Waals surface area contributed by atoms with E-state index in [0.717, 1.165) is 22.4 Å². The van der Waals surface area contributed by atoms with E-state index in [9.17, 15) is 24.9 Å². The molecule has 0 bridgehead atoms. The van der Waals surface area contributed by atoms with Crippen LogP contribution in [0.1, 0.15) is 30.5 Å². The highest BCUT2D eigenvalue weighted by atomic mass is 16.5. The van der Waals surface area contributed by atoms with Crippen molar-refractivity contribution < 1.29 is 29.6 Å². The molecule has 2 aromatic carbocycles. The van der Waals surface area contributed by atoms with Gasteiger partial charge in [0.1, 0.15) is 6.61 Å². The van der Waals surface area contributed by atoms with Crippen molar-refractivity contribution in [3.8, 4) is 0 Å². The van der Waals surface area contributed by atoms with Crippen molar-refractivity contribution in [2.24, 2.45) is 5.92 Å². The second-order valence-corrected chi connectivity index (χ2v) is 8.39. The van der Waals surface area contributed by atoms with Gasteiger partial charge in [-0.05, 0) is 56.0 Å². The summed E-state index contributed by atoms with van der Waals surface area (Å²) in [6.45, 7) is 5.84.